The summed E-state index contributed by atoms with van der Waals surface area (Å²) in [6.07, 6.45) is 4.30. The topological polar surface area (TPSA) is 108 Å². The number of urea groups is 1. The maximum Gasteiger partial charge on any atom is 0.319 e. The van der Waals surface area contributed by atoms with Crippen LogP contribution in [0.15, 0.2) is 24.3 Å². The SMILES string of the molecule is O=C(O)CCCCCNC(=O)c1cccc(NC(=O)NC2CC2)c1. The van der Waals surface area contributed by atoms with Crippen LogP contribution in [-0.4, -0.2) is 35.6 Å². The lowest BCUT2D eigenvalue weighted by Gasteiger charge is -2.09. The number of carboxylic acids is 1. The van der Waals surface area contributed by atoms with Crippen LogP contribution in [0.2, 0.25) is 0 Å². The van der Waals surface area contributed by atoms with E-state index in [-0.39, 0.29) is 24.4 Å². The minimum absolute atomic E-state index is 0.157. The predicted octanol–water partition coefficient (Wildman–Crippen LogP) is 2.35. The molecule has 1 aliphatic rings. The molecule has 1 aromatic rings. The first-order chi connectivity index (χ1) is 11.5. The number of anilines is 1. The molecule has 1 fully saturated rings. The zero-order valence-corrected chi connectivity index (χ0v) is 13.5. The van der Waals surface area contributed by atoms with Gasteiger partial charge in [0.05, 0.1) is 0 Å². The standard InChI is InChI=1S/C17H23N3O4/c21-15(22)7-2-1-3-10-18-16(23)12-5-4-6-14(11-12)20-17(24)19-13-8-9-13/h4-6,11,13H,1-3,7-10H2,(H,18,23)(H,21,22)(H2,19,20,24). The van der Waals surface area contributed by atoms with E-state index in [1.807, 2.05) is 0 Å². The molecule has 0 unspecified atom stereocenters. The van der Waals surface area contributed by atoms with Gasteiger partial charge in [0.15, 0.2) is 0 Å². The Morgan fingerprint density at radius 3 is 2.62 bits per heavy atom. The molecule has 130 valence electrons. The highest BCUT2D eigenvalue weighted by molar-refractivity contribution is 5.96. The van der Waals surface area contributed by atoms with E-state index < -0.39 is 5.97 Å². The highest BCUT2D eigenvalue weighted by atomic mass is 16.4. The molecule has 1 saturated carbocycles. The molecular weight excluding hydrogens is 310 g/mol. The Morgan fingerprint density at radius 1 is 1.12 bits per heavy atom. The van der Waals surface area contributed by atoms with Crippen molar-refractivity contribution in [1.29, 1.82) is 0 Å². The van der Waals surface area contributed by atoms with Gasteiger partial charge < -0.3 is 21.1 Å². The minimum Gasteiger partial charge on any atom is -0.481 e. The van der Waals surface area contributed by atoms with Crippen LogP contribution in [0.3, 0.4) is 0 Å². The molecule has 0 spiro atoms. The molecule has 1 aromatic carbocycles. The average molecular weight is 333 g/mol. The number of amides is 3. The Hall–Kier alpha value is -2.57. The number of hydrogen-bond donors (Lipinski definition) is 4. The molecule has 1 aliphatic carbocycles. The highest BCUT2D eigenvalue weighted by Gasteiger charge is 2.23. The zero-order chi connectivity index (χ0) is 17.4. The molecule has 0 heterocycles. The number of carbonyl (C=O) groups is 3. The second-order valence-electron chi connectivity index (χ2n) is 5.91. The summed E-state index contributed by atoms with van der Waals surface area (Å²) in [5.41, 5.74) is 1.05. The Kier molecular flexibility index (Phi) is 6.60. The van der Waals surface area contributed by atoms with Gasteiger partial charge in [-0.05, 0) is 43.9 Å². The van der Waals surface area contributed by atoms with E-state index >= 15 is 0 Å². The molecule has 0 atom stereocenters. The Labute approximate surface area is 140 Å². The second-order valence-corrected chi connectivity index (χ2v) is 5.91. The van der Waals surface area contributed by atoms with Crippen LogP contribution in [0.5, 0.6) is 0 Å². The Bertz CT molecular complexity index is 599. The largest absolute Gasteiger partial charge is 0.481 e. The van der Waals surface area contributed by atoms with Crippen LogP contribution in [0.4, 0.5) is 10.5 Å². The highest BCUT2D eigenvalue weighted by Crippen LogP contribution is 2.19. The van der Waals surface area contributed by atoms with Crippen molar-refractivity contribution in [3.05, 3.63) is 29.8 Å². The van der Waals surface area contributed by atoms with Gasteiger partial charge in [-0.3, -0.25) is 9.59 Å². The monoisotopic (exact) mass is 333 g/mol. The maximum absolute atomic E-state index is 12.1. The van der Waals surface area contributed by atoms with Gasteiger partial charge in [0.25, 0.3) is 5.91 Å². The summed E-state index contributed by atoms with van der Waals surface area (Å²) in [7, 11) is 0. The molecule has 4 N–H and O–H groups in total. The minimum atomic E-state index is -0.797. The molecule has 0 bridgehead atoms. The summed E-state index contributed by atoms with van der Waals surface area (Å²) < 4.78 is 0. The smallest absolute Gasteiger partial charge is 0.319 e. The molecule has 7 nitrogen and oxygen atoms in total. The van der Waals surface area contributed by atoms with E-state index in [1.165, 1.54) is 0 Å². The van der Waals surface area contributed by atoms with E-state index in [1.54, 1.807) is 24.3 Å². The van der Waals surface area contributed by atoms with Gasteiger partial charge in [0, 0.05) is 30.3 Å². The average Bonchev–Trinajstić information content (AvgIpc) is 3.34. The summed E-state index contributed by atoms with van der Waals surface area (Å²) in [6.45, 7) is 0.498. The molecule has 0 aliphatic heterocycles. The number of unbranched alkanes of at least 4 members (excludes halogenated alkanes) is 2. The van der Waals surface area contributed by atoms with E-state index in [0.29, 0.717) is 24.2 Å². The Balaban J connectivity index is 1.72. The normalized spacial score (nSPS) is 13.2. The first-order valence-corrected chi connectivity index (χ1v) is 8.22. The van der Waals surface area contributed by atoms with Crippen molar-refractivity contribution in [2.45, 2.75) is 44.6 Å². The lowest BCUT2D eigenvalue weighted by Crippen LogP contribution is -2.30. The number of nitrogens with one attached hydrogen (secondary N) is 3. The van der Waals surface area contributed by atoms with Gasteiger partial charge in [-0.25, -0.2) is 4.79 Å². The Morgan fingerprint density at radius 2 is 1.92 bits per heavy atom. The fraction of sp³-hybridized carbons (Fsp3) is 0.471. The van der Waals surface area contributed by atoms with Crippen LogP contribution in [0.1, 0.15) is 48.9 Å². The van der Waals surface area contributed by atoms with Crippen molar-refractivity contribution in [2.24, 2.45) is 0 Å². The van der Waals surface area contributed by atoms with E-state index in [4.69, 9.17) is 5.11 Å². The number of carboxylic acid groups (broad SMARTS) is 1. The van der Waals surface area contributed by atoms with Crippen LogP contribution in [-0.2, 0) is 4.79 Å². The van der Waals surface area contributed by atoms with Crippen molar-refractivity contribution >= 4 is 23.6 Å². The van der Waals surface area contributed by atoms with Gasteiger partial charge in [-0.2, -0.15) is 0 Å². The van der Waals surface area contributed by atoms with Crippen LogP contribution < -0.4 is 16.0 Å². The first kappa shape index (κ1) is 17.8. The fourth-order valence-corrected chi connectivity index (χ4v) is 2.20. The number of rotatable bonds is 9. The van der Waals surface area contributed by atoms with Crippen molar-refractivity contribution in [3.63, 3.8) is 0 Å². The van der Waals surface area contributed by atoms with Crippen molar-refractivity contribution < 1.29 is 19.5 Å². The lowest BCUT2D eigenvalue weighted by atomic mass is 10.1. The lowest BCUT2D eigenvalue weighted by molar-refractivity contribution is -0.137. The van der Waals surface area contributed by atoms with Gasteiger partial charge >= 0.3 is 12.0 Å². The van der Waals surface area contributed by atoms with E-state index in [0.717, 1.165) is 25.7 Å². The number of benzene rings is 1. The van der Waals surface area contributed by atoms with Gasteiger partial charge in [-0.15, -0.1) is 0 Å². The van der Waals surface area contributed by atoms with Crippen LogP contribution in [0, 0.1) is 0 Å². The summed E-state index contributed by atoms with van der Waals surface area (Å²) >= 11 is 0. The molecule has 7 heteroatoms. The third-order valence-corrected chi connectivity index (χ3v) is 3.65. The molecule has 24 heavy (non-hydrogen) atoms. The maximum atomic E-state index is 12.1. The zero-order valence-electron chi connectivity index (χ0n) is 13.5. The number of aliphatic carboxylic acids is 1. The first-order valence-electron chi connectivity index (χ1n) is 8.22. The summed E-state index contributed by atoms with van der Waals surface area (Å²) in [5.74, 6) is -1.01. The van der Waals surface area contributed by atoms with E-state index in [9.17, 15) is 14.4 Å². The second kappa shape index (κ2) is 8.90. The molecular formula is C17H23N3O4. The van der Waals surface area contributed by atoms with Gasteiger partial charge in [0.1, 0.15) is 0 Å². The molecule has 3 amide bonds. The summed E-state index contributed by atoms with van der Waals surface area (Å²) in [4.78, 5) is 34.2. The number of carbonyl (C=O) groups excluding carboxylic acids is 2. The van der Waals surface area contributed by atoms with Crippen molar-refractivity contribution in [3.8, 4) is 0 Å². The van der Waals surface area contributed by atoms with Gasteiger partial charge in [0.2, 0.25) is 0 Å². The van der Waals surface area contributed by atoms with Crippen molar-refractivity contribution in [1.82, 2.24) is 10.6 Å². The molecule has 0 aromatic heterocycles. The molecule has 0 saturated heterocycles. The molecule has 0 radical (unpaired) electrons. The quantitative estimate of drug-likeness (QED) is 0.520. The summed E-state index contributed by atoms with van der Waals surface area (Å²) in [5, 5.41) is 16.9. The van der Waals surface area contributed by atoms with Crippen molar-refractivity contribution in [2.75, 3.05) is 11.9 Å². The molecule has 2 rings (SSSR count). The third-order valence-electron chi connectivity index (χ3n) is 3.65. The predicted molar refractivity (Wildman–Crippen MR) is 90.1 cm³/mol. The van der Waals surface area contributed by atoms with Crippen LogP contribution in [0.25, 0.3) is 0 Å². The van der Waals surface area contributed by atoms with Gasteiger partial charge in [-0.1, -0.05) is 12.5 Å². The fourth-order valence-electron chi connectivity index (χ4n) is 2.20. The number of hydrogen-bond acceptors (Lipinski definition) is 3. The third kappa shape index (κ3) is 6.68. The summed E-state index contributed by atoms with van der Waals surface area (Å²) in [6, 6.07) is 6.78. The van der Waals surface area contributed by atoms with E-state index in [2.05, 4.69) is 16.0 Å². The van der Waals surface area contributed by atoms with Crippen LogP contribution >= 0.6 is 0 Å².